The number of sulfonamides is 1. The minimum Gasteiger partial charge on any atom is -0.464 e. The van der Waals surface area contributed by atoms with E-state index in [9.17, 15) is 18.3 Å². The van der Waals surface area contributed by atoms with E-state index < -0.39 is 21.9 Å². The van der Waals surface area contributed by atoms with Crippen molar-refractivity contribution < 1.29 is 22.4 Å². The van der Waals surface area contributed by atoms with Crippen molar-refractivity contribution in [1.29, 1.82) is 0 Å². The van der Waals surface area contributed by atoms with Crippen molar-refractivity contribution in [2.24, 2.45) is 7.05 Å². The minimum atomic E-state index is -3.89. The molecule has 8 nitrogen and oxygen atoms in total. The fourth-order valence-electron chi connectivity index (χ4n) is 2.98. The van der Waals surface area contributed by atoms with Crippen LogP contribution in [0, 0.1) is 0 Å². The quantitative estimate of drug-likeness (QED) is 0.501. The molecule has 0 amide bonds. The van der Waals surface area contributed by atoms with Crippen molar-refractivity contribution >= 4 is 21.1 Å². The highest BCUT2D eigenvalue weighted by Gasteiger charge is 2.19. The second-order valence-electron chi connectivity index (χ2n) is 6.52. The van der Waals surface area contributed by atoms with Crippen LogP contribution < -0.4 is 10.5 Å². The van der Waals surface area contributed by atoms with Gasteiger partial charge in [-0.25, -0.2) is 17.9 Å². The van der Waals surface area contributed by atoms with Crippen LogP contribution in [0.5, 0.6) is 0 Å². The van der Waals surface area contributed by atoms with Gasteiger partial charge in [0.1, 0.15) is 5.76 Å². The van der Waals surface area contributed by atoms with Crippen LogP contribution in [0.15, 0.2) is 79.4 Å². The fourth-order valence-corrected chi connectivity index (χ4v) is 4.03. The molecule has 4 aromatic rings. The van der Waals surface area contributed by atoms with E-state index in [4.69, 9.17) is 8.83 Å². The van der Waals surface area contributed by atoms with E-state index >= 15 is 0 Å². The Balaban J connectivity index is 1.48. The van der Waals surface area contributed by atoms with Gasteiger partial charge in [0.2, 0.25) is 10.0 Å². The molecular formula is C20H18N2O6S. The van der Waals surface area contributed by atoms with Crippen molar-refractivity contribution in [2.75, 3.05) is 6.54 Å². The highest BCUT2D eigenvalue weighted by molar-refractivity contribution is 7.89. The lowest BCUT2D eigenvalue weighted by Crippen LogP contribution is -2.28. The zero-order chi connectivity index (χ0) is 20.6. The Kier molecular flexibility index (Phi) is 4.87. The van der Waals surface area contributed by atoms with Gasteiger partial charge in [-0.3, -0.25) is 4.57 Å². The molecule has 1 atom stereocenters. The lowest BCUT2D eigenvalue weighted by molar-refractivity contribution is 0.182. The summed E-state index contributed by atoms with van der Waals surface area (Å²) < 4.78 is 39.1. The molecule has 9 heteroatoms. The zero-order valence-electron chi connectivity index (χ0n) is 15.4. The number of hydrogen-bond donors (Lipinski definition) is 2. The second kappa shape index (κ2) is 7.36. The first-order chi connectivity index (χ1) is 13.8. The predicted octanol–water partition coefficient (Wildman–Crippen LogP) is 2.40. The van der Waals surface area contributed by atoms with Crippen molar-refractivity contribution in [2.45, 2.75) is 11.0 Å². The van der Waals surface area contributed by atoms with Crippen molar-refractivity contribution in [3.63, 3.8) is 0 Å². The molecule has 2 aromatic carbocycles. The van der Waals surface area contributed by atoms with Gasteiger partial charge >= 0.3 is 5.76 Å². The first kappa shape index (κ1) is 19.2. The SMILES string of the molecule is Cn1c(=O)oc2ccc(S(=O)(=O)NCC(O)c3ccc(-c4ccco4)cc3)cc21. The molecule has 0 aliphatic carbocycles. The monoisotopic (exact) mass is 414 g/mol. The molecule has 0 saturated heterocycles. The third kappa shape index (κ3) is 3.75. The van der Waals surface area contributed by atoms with Gasteiger partial charge in [0.05, 0.1) is 22.8 Å². The van der Waals surface area contributed by atoms with E-state index in [1.807, 2.05) is 6.07 Å². The predicted molar refractivity (Wildman–Crippen MR) is 106 cm³/mol. The average Bonchev–Trinajstić information content (AvgIpc) is 3.35. The van der Waals surface area contributed by atoms with E-state index in [1.54, 1.807) is 36.6 Å². The number of aliphatic hydroxyl groups excluding tert-OH is 1. The molecule has 2 aromatic heterocycles. The largest absolute Gasteiger partial charge is 0.464 e. The summed E-state index contributed by atoms with van der Waals surface area (Å²) in [6.45, 7) is -0.204. The number of furan rings is 1. The Morgan fingerprint density at radius 2 is 1.90 bits per heavy atom. The number of rotatable bonds is 6. The van der Waals surface area contributed by atoms with Crippen molar-refractivity contribution in [1.82, 2.24) is 9.29 Å². The number of oxazole rings is 1. The third-order valence-electron chi connectivity index (χ3n) is 4.64. The number of aryl methyl sites for hydroxylation is 1. The molecule has 150 valence electrons. The van der Waals surface area contributed by atoms with Crippen LogP contribution in [0.2, 0.25) is 0 Å². The molecule has 0 spiro atoms. The summed E-state index contributed by atoms with van der Waals surface area (Å²) >= 11 is 0. The second-order valence-corrected chi connectivity index (χ2v) is 8.29. The summed E-state index contributed by atoms with van der Waals surface area (Å²) in [4.78, 5) is 11.5. The summed E-state index contributed by atoms with van der Waals surface area (Å²) in [5.41, 5.74) is 2.08. The van der Waals surface area contributed by atoms with Gasteiger partial charge in [0.25, 0.3) is 0 Å². The van der Waals surface area contributed by atoms with E-state index in [2.05, 4.69) is 4.72 Å². The Morgan fingerprint density at radius 1 is 1.14 bits per heavy atom. The molecule has 0 bridgehead atoms. The minimum absolute atomic E-state index is 0.0261. The Bertz CT molecular complexity index is 1300. The number of nitrogens with zero attached hydrogens (tertiary/aromatic N) is 1. The first-order valence-electron chi connectivity index (χ1n) is 8.76. The molecular weight excluding hydrogens is 396 g/mol. The number of aliphatic hydroxyl groups is 1. The number of fused-ring (bicyclic) bond motifs is 1. The molecule has 4 rings (SSSR count). The molecule has 0 aliphatic heterocycles. The molecule has 1 unspecified atom stereocenters. The summed E-state index contributed by atoms with van der Waals surface area (Å²) in [6.07, 6.45) is 0.545. The molecule has 0 aliphatic rings. The van der Waals surface area contributed by atoms with Crippen LogP contribution in [0.1, 0.15) is 11.7 Å². The van der Waals surface area contributed by atoms with Gasteiger partial charge in [0, 0.05) is 19.2 Å². The lowest BCUT2D eigenvalue weighted by atomic mass is 10.1. The smallest absolute Gasteiger partial charge is 0.419 e. The molecule has 2 heterocycles. The van der Waals surface area contributed by atoms with E-state index in [-0.39, 0.29) is 11.4 Å². The van der Waals surface area contributed by atoms with Gasteiger partial charge < -0.3 is 13.9 Å². The van der Waals surface area contributed by atoms with Gasteiger partial charge in [-0.15, -0.1) is 0 Å². The van der Waals surface area contributed by atoms with Crippen LogP contribution in [0.25, 0.3) is 22.4 Å². The number of nitrogens with one attached hydrogen (secondary N) is 1. The maximum Gasteiger partial charge on any atom is 0.419 e. The molecule has 0 fully saturated rings. The molecule has 2 N–H and O–H groups in total. The number of aromatic nitrogens is 1. The highest BCUT2D eigenvalue weighted by atomic mass is 32.2. The number of benzene rings is 2. The summed E-state index contributed by atoms with van der Waals surface area (Å²) in [7, 11) is -2.39. The fraction of sp³-hybridized carbons (Fsp3) is 0.150. The van der Waals surface area contributed by atoms with Crippen LogP contribution in [-0.2, 0) is 17.1 Å². The maximum atomic E-state index is 12.6. The van der Waals surface area contributed by atoms with Gasteiger partial charge in [-0.05, 0) is 35.9 Å². The molecule has 29 heavy (non-hydrogen) atoms. The molecule has 0 radical (unpaired) electrons. The highest BCUT2D eigenvalue weighted by Crippen LogP contribution is 2.23. The van der Waals surface area contributed by atoms with Crippen LogP contribution in [0.4, 0.5) is 0 Å². The standard InChI is InChI=1S/C20H18N2O6S/c1-22-16-11-15(8-9-19(16)28-20(22)24)29(25,26)21-12-17(23)13-4-6-14(7-5-13)18-3-2-10-27-18/h2-11,17,21,23H,12H2,1H3. The Labute approximate surface area is 166 Å². The van der Waals surface area contributed by atoms with Crippen molar-refractivity contribution in [3.05, 3.63) is 77.0 Å². The Morgan fingerprint density at radius 3 is 2.59 bits per heavy atom. The summed E-state index contributed by atoms with van der Waals surface area (Å²) in [5, 5.41) is 10.4. The van der Waals surface area contributed by atoms with E-state index in [1.165, 1.54) is 29.8 Å². The van der Waals surface area contributed by atoms with Crippen LogP contribution >= 0.6 is 0 Å². The van der Waals surface area contributed by atoms with Gasteiger partial charge in [-0.2, -0.15) is 0 Å². The van der Waals surface area contributed by atoms with E-state index in [0.29, 0.717) is 22.4 Å². The third-order valence-corrected chi connectivity index (χ3v) is 6.06. The average molecular weight is 414 g/mol. The lowest BCUT2D eigenvalue weighted by Gasteiger charge is -2.13. The Hall–Kier alpha value is -3.14. The molecule has 0 saturated carbocycles. The summed E-state index contributed by atoms with van der Waals surface area (Å²) in [5.74, 6) is 0.131. The maximum absolute atomic E-state index is 12.6. The summed E-state index contributed by atoms with van der Waals surface area (Å²) in [6, 6.07) is 14.7. The first-order valence-corrected chi connectivity index (χ1v) is 10.2. The van der Waals surface area contributed by atoms with Crippen LogP contribution in [0.3, 0.4) is 0 Å². The van der Waals surface area contributed by atoms with Crippen LogP contribution in [-0.4, -0.2) is 24.6 Å². The zero-order valence-corrected chi connectivity index (χ0v) is 16.2. The van der Waals surface area contributed by atoms with Gasteiger partial charge in [0.15, 0.2) is 5.58 Å². The van der Waals surface area contributed by atoms with Gasteiger partial charge in [-0.1, -0.05) is 24.3 Å². The topological polar surface area (TPSA) is 115 Å². The van der Waals surface area contributed by atoms with E-state index in [0.717, 1.165) is 5.56 Å². The van der Waals surface area contributed by atoms with Crippen molar-refractivity contribution in [3.8, 4) is 11.3 Å². The number of hydrogen-bond acceptors (Lipinski definition) is 6. The normalized spacial score (nSPS) is 13.0.